The summed E-state index contributed by atoms with van der Waals surface area (Å²) < 4.78 is 5.56. The van der Waals surface area contributed by atoms with E-state index in [-0.39, 0.29) is 12.1 Å². The first-order chi connectivity index (χ1) is 8.83. The highest BCUT2D eigenvalue weighted by Gasteiger charge is 2.12. The van der Waals surface area contributed by atoms with Crippen LogP contribution in [-0.4, -0.2) is 12.1 Å². The third kappa shape index (κ3) is 7.52. The highest BCUT2D eigenvalue weighted by Crippen LogP contribution is 2.14. The molecule has 1 aliphatic heterocycles. The van der Waals surface area contributed by atoms with Crippen molar-refractivity contribution in [3.8, 4) is 0 Å². The minimum Gasteiger partial charge on any atom is -0.462 e. The second-order valence-corrected chi connectivity index (χ2v) is 5.26. The topological polar surface area (TPSA) is 26.3 Å². The summed E-state index contributed by atoms with van der Waals surface area (Å²) in [4.78, 5) is 11.7. The van der Waals surface area contributed by atoms with Crippen LogP contribution in [0.15, 0.2) is 12.2 Å². The largest absolute Gasteiger partial charge is 0.462 e. The second kappa shape index (κ2) is 10.2. The first-order valence-corrected chi connectivity index (χ1v) is 7.67. The van der Waals surface area contributed by atoms with Gasteiger partial charge in [0.1, 0.15) is 6.10 Å². The molecule has 0 saturated heterocycles. The van der Waals surface area contributed by atoms with Crippen LogP contribution in [0.4, 0.5) is 0 Å². The van der Waals surface area contributed by atoms with Crippen LogP contribution in [0, 0.1) is 0 Å². The zero-order valence-corrected chi connectivity index (χ0v) is 11.8. The molecule has 0 saturated carbocycles. The first kappa shape index (κ1) is 15.3. The van der Waals surface area contributed by atoms with Crippen molar-refractivity contribution in [2.75, 3.05) is 0 Å². The lowest BCUT2D eigenvalue weighted by molar-refractivity contribution is -0.149. The Balaban J connectivity index is 2.41. The Labute approximate surface area is 112 Å². The maximum Gasteiger partial charge on any atom is 0.306 e. The number of allylic oxidation sites excluding steroid dienone is 2. The molecule has 0 aromatic carbocycles. The van der Waals surface area contributed by atoms with Crippen molar-refractivity contribution >= 4 is 5.97 Å². The molecule has 1 heterocycles. The van der Waals surface area contributed by atoms with E-state index in [1.54, 1.807) is 0 Å². The van der Waals surface area contributed by atoms with E-state index in [0.29, 0.717) is 6.42 Å². The number of hydrogen-bond donors (Lipinski definition) is 0. The van der Waals surface area contributed by atoms with Gasteiger partial charge in [-0.05, 0) is 38.5 Å². The van der Waals surface area contributed by atoms with Crippen LogP contribution in [-0.2, 0) is 9.53 Å². The molecule has 0 spiro atoms. The average molecular weight is 252 g/mol. The van der Waals surface area contributed by atoms with Crippen molar-refractivity contribution in [3.05, 3.63) is 12.2 Å². The summed E-state index contributed by atoms with van der Waals surface area (Å²) in [6.07, 6.45) is 16.6. The minimum absolute atomic E-state index is 0.00879. The van der Waals surface area contributed by atoms with Gasteiger partial charge in [0.25, 0.3) is 0 Å². The molecule has 0 N–H and O–H groups in total. The quantitative estimate of drug-likeness (QED) is 0.522. The third-order valence-corrected chi connectivity index (χ3v) is 3.48. The Kier molecular flexibility index (Phi) is 8.62. The fraction of sp³-hybridized carbons (Fsp3) is 0.812. The lowest BCUT2D eigenvalue weighted by Crippen LogP contribution is -2.17. The Hall–Kier alpha value is -0.790. The van der Waals surface area contributed by atoms with E-state index in [1.165, 1.54) is 25.7 Å². The van der Waals surface area contributed by atoms with Crippen LogP contribution >= 0.6 is 0 Å². The van der Waals surface area contributed by atoms with Gasteiger partial charge in [-0.3, -0.25) is 4.79 Å². The lowest BCUT2D eigenvalue weighted by atomic mass is 10.1. The molecule has 0 fully saturated rings. The van der Waals surface area contributed by atoms with E-state index in [0.717, 1.165) is 38.5 Å². The van der Waals surface area contributed by atoms with E-state index < -0.39 is 0 Å². The zero-order chi connectivity index (χ0) is 13.1. The Bertz CT molecular complexity index is 245. The fourth-order valence-electron chi connectivity index (χ4n) is 2.41. The van der Waals surface area contributed by atoms with Crippen molar-refractivity contribution in [2.24, 2.45) is 0 Å². The van der Waals surface area contributed by atoms with Crippen molar-refractivity contribution in [3.63, 3.8) is 0 Å². The summed E-state index contributed by atoms with van der Waals surface area (Å²) in [5, 5.41) is 0. The van der Waals surface area contributed by atoms with E-state index in [2.05, 4.69) is 19.1 Å². The molecule has 104 valence electrons. The number of rotatable bonds is 2. The summed E-state index contributed by atoms with van der Waals surface area (Å²) >= 11 is 0. The maximum atomic E-state index is 11.7. The van der Waals surface area contributed by atoms with Gasteiger partial charge in [0, 0.05) is 6.42 Å². The van der Waals surface area contributed by atoms with Gasteiger partial charge in [-0.1, -0.05) is 44.8 Å². The molecule has 1 aliphatic rings. The molecule has 0 aliphatic carbocycles. The maximum absolute atomic E-state index is 11.7. The smallest absolute Gasteiger partial charge is 0.306 e. The molecule has 0 bridgehead atoms. The van der Waals surface area contributed by atoms with Gasteiger partial charge in [-0.2, -0.15) is 0 Å². The van der Waals surface area contributed by atoms with Crippen LogP contribution in [0.2, 0.25) is 0 Å². The summed E-state index contributed by atoms with van der Waals surface area (Å²) in [5.74, 6) is 0.00879. The minimum atomic E-state index is 0.00879. The highest BCUT2D eigenvalue weighted by atomic mass is 16.5. The van der Waals surface area contributed by atoms with Gasteiger partial charge in [0.2, 0.25) is 0 Å². The number of ether oxygens (including phenoxy) is 1. The molecule has 0 amide bonds. The molecular weight excluding hydrogens is 224 g/mol. The van der Waals surface area contributed by atoms with E-state index in [9.17, 15) is 4.79 Å². The molecule has 2 nitrogen and oxygen atoms in total. The van der Waals surface area contributed by atoms with Crippen LogP contribution in [0.1, 0.15) is 77.6 Å². The van der Waals surface area contributed by atoms with Crippen molar-refractivity contribution < 1.29 is 9.53 Å². The molecule has 1 rings (SSSR count). The fourth-order valence-corrected chi connectivity index (χ4v) is 2.41. The molecule has 2 heteroatoms. The van der Waals surface area contributed by atoms with E-state index in [1.807, 2.05) is 0 Å². The molecule has 0 aromatic rings. The van der Waals surface area contributed by atoms with Crippen LogP contribution in [0.25, 0.3) is 0 Å². The van der Waals surface area contributed by atoms with Crippen molar-refractivity contribution in [1.29, 1.82) is 0 Å². The summed E-state index contributed by atoms with van der Waals surface area (Å²) in [6.45, 7) is 2.15. The summed E-state index contributed by atoms with van der Waals surface area (Å²) in [7, 11) is 0. The molecule has 0 radical (unpaired) electrons. The monoisotopic (exact) mass is 252 g/mol. The first-order valence-electron chi connectivity index (χ1n) is 7.67. The average Bonchev–Trinajstić information content (AvgIpc) is 2.35. The highest BCUT2D eigenvalue weighted by molar-refractivity contribution is 5.69. The number of carbonyl (C=O) groups excluding carboxylic acids is 1. The SMILES string of the molecule is CCCC1CC/C=C\CCCCCCCC(=O)O1. The Morgan fingerprint density at radius 3 is 2.67 bits per heavy atom. The van der Waals surface area contributed by atoms with Crippen molar-refractivity contribution in [1.82, 2.24) is 0 Å². The van der Waals surface area contributed by atoms with E-state index in [4.69, 9.17) is 4.74 Å². The normalized spacial score (nSPS) is 26.1. The summed E-state index contributed by atoms with van der Waals surface area (Å²) in [6, 6.07) is 0. The van der Waals surface area contributed by atoms with Gasteiger partial charge in [0.15, 0.2) is 0 Å². The van der Waals surface area contributed by atoms with Crippen LogP contribution in [0.5, 0.6) is 0 Å². The second-order valence-electron chi connectivity index (χ2n) is 5.26. The predicted molar refractivity (Wildman–Crippen MR) is 75.5 cm³/mol. The molecular formula is C16H28O2. The number of esters is 1. The van der Waals surface area contributed by atoms with Crippen LogP contribution < -0.4 is 0 Å². The predicted octanol–water partition coefficient (Wildman–Crippen LogP) is 4.78. The third-order valence-electron chi connectivity index (χ3n) is 3.48. The molecule has 1 atom stereocenters. The van der Waals surface area contributed by atoms with Gasteiger partial charge in [-0.25, -0.2) is 0 Å². The lowest BCUT2D eigenvalue weighted by Gasteiger charge is -2.16. The Morgan fingerprint density at radius 2 is 1.83 bits per heavy atom. The van der Waals surface area contributed by atoms with E-state index >= 15 is 0 Å². The molecule has 0 aromatic heterocycles. The molecule has 18 heavy (non-hydrogen) atoms. The molecule has 1 unspecified atom stereocenters. The van der Waals surface area contributed by atoms with Gasteiger partial charge >= 0.3 is 5.97 Å². The van der Waals surface area contributed by atoms with Crippen molar-refractivity contribution in [2.45, 2.75) is 83.7 Å². The van der Waals surface area contributed by atoms with Gasteiger partial charge in [0.05, 0.1) is 0 Å². The standard InChI is InChI=1S/C16H28O2/c1-2-12-15-13-10-8-6-4-3-5-7-9-11-14-16(17)18-15/h6,8,15H,2-5,7,9-14H2,1H3/b8-6-. The summed E-state index contributed by atoms with van der Waals surface area (Å²) in [5.41, 5.74) is 0. The number of hydrogen-bond acceptors (Lipinski definition) is 2. The van der Waals surface area contributed by atoms with Crippen LogP contribution in [0.3, 0.4) is 0 Å². The number of carbonyl (C=O) groups is 1. The number of cyclic esters (lactones) is 1. The van der Waals surface area contributed by atoms with Gasteiger partial charge < -0.3 is 4.74 Å². The Morgan fingerprint density at radius 1 is 1.11 bits per heavy atom. The van der Waals surface area contributed by atoms with Gasteiger partial charge in [-0.15, -0.1) is 0 Å². The zero-order valence-electron chi connectivity index (χ0n) is 11.8.